The van der Waals surface area contributed by atoms with Crippen molar-refractivity contribution in [3.63, 3.8) is 0 Å². The third-order valence-electron chi connectivity index (χ3n) is 7.44. The Labute approximate surface area is 298 Å². The summed E-state index contributed by atoms with van der Waals surface area (Å²) in [5.41, 5.74) is 0.910. The van der Waals surface area contributed by atoms with Gasteiger partial charge < -0.3 is 52.7 Å². The van der Waals surface area contributed by atoms with Crippen LogP contribution in [0.2, 0.25) is 0 Å². The fraction of sp³-hybridized carbons (Fsp3) is 0.706. The number of carbonyl (C=O) groups excluding carboxylic acids is 4. The molecule has 0 aliphatic carbocycles. The molecule has 0 radical (unpaired) electrons. The van der Waals surface area contributed by atoms with E-state index in [4.69, 9.17) is 47.4 Å². The van der Waals surface area contributed by atoms with Crippen LogP contribution in [0.5, 0.6) is 0 Å². The van der Waals surface area contributed by atoms with Crippen molar-refractivity contribution in [2.75, 3.05) is 145 Å². The normalized spacial score (nSPS) is 15.9. The molecule has 0 spiro atoms. The van der Waals surface area contributed by atoms with E-state index in [1.54, 1.807) is 25.3 Å². The summed E-state index contributed by atoms with van der Waals surface area (Å²) in [7, 11) is 1.64. The second kappa shape index (κ2) is 26.6. The second-order valence-corrected chi connectivity index (χ2v) is 11.1. The molecule has 1 aromatic rings. The number of amides is 4. The van der Waals surface area contributed by atoms with Gasteiger partial charge in [0.2, 0.25) is 11.8 Å². The van der Waals surface area contributed by atoms with Crippen molar-refractivity contribution >= 4 is 29.3 Å². The zero-order valence-corrected chi connectivity index (χ0v) is 29.5. The van der Waals surface area contributed by atoms with Crippen molar-refractivity contribution < 1.29 is 66.5 Å². The van der Waals surface area contributed by atoms with Crippen LogP contribution in [0, 0.1) is 0 Å². The molecule has 1 aromatic carbocycles. The van der Waals surface area contributed by atoms with Crippen LogP contribution in [0.3, 0.4) is 0 Å². The minimum Gasteiger partial charge on any atom is -0.382 e. The molecule has 17 heteroatoms. The van der Waals surface area contributed by atoms with Crippen LogP contribution in [0.25, 0.3) is 0 Å². The molecule has 0 bridgehead atoms. The molecular formula is C34H53N3O14. The largest absolute Gasteiger partial charge is 0.382 e. The van der Waals surface area contributed by atoms with Gasteiger partial charge in [0.15, 0.2) is 0 Å². The van der Waals surface area contributed by atoms with E-state index in [1.165, 1.54) is 0 Å². The molecule has 0 aromatic heterocycles. The fourth-order valence-corrected chi connectivity index (χ4v) is 4.92. The lowest BCUT2D eigenvalue weighted by molar-refractivity contribution is -0.136. The van der Waals surface area contributed by atoms with Gasteiger partial charge in [-0.15, -0.1) is 0 Å². The Kier molecular flexibility index (Phi) is 22.1. The Morgan fingerprint density at radius 2 is 1.04 bits per heavy atom. The third-order valence-corrected chi connectivity index (χ3v) is 7.44. The van der Waals surface area contributed by atoms with Gasteiger partial charge >= 0.3 is 0 Å². The minimum atomic E-state index is -1.01. The van der Waals surface area contributed by atoms with E-state index in [0.29, 0.717) is 138 Å². The Hall–Kier alpha value is -3.10. The number of ether oxygens (including phenoxy) is 10. The first-order chi connectivity index (χ1) is 25.0. The summed E-state index contributed by atoms with van der Waals surface area (Å²) in [6.45, 7) is 9.40. The van der Waals surface area contributed by atoms with Crippen molar-refractivity contribution in [2.45, 2.75) is 18.9 Å². The Bertz CT molecular complexity index is 1170. The molecule has 2 N–H and O–H groups in total. The summed E-state index contributed by atoms with van der Waals surface area (Å²) < 4.78 is 54.0. The number of carbonyl (C=O) groups is 4. The summed E-state index contributed by atoms with van der Waals surface area (Å²) in [5, 5.41) is 5.33. The number of anilines is 1. The molecule has 1 saturated heterocycles. The molecule has 1 unspecified atom stereocenters. The number of piperidine rings is 1. The first-order valence-corrected chi connectivity index (χ1v) is 17.3. The predicted octanol–water partition coefficient (Wildman–Crippen LogP) is 0.296. The molecule has 3 rings (SSSR count). The van der Waals surface area contributed by atoms with Crippen molar-refractivity contribution in [1.29, 1.82) is 0 Å². The van der Waals surface area contributed by atoms with Crippen LogP contribution in [0.15, 0.2) is 18.2 Å². The molecule has 288 valence electrons. The molecule has 51 heavy (non-hydrogen) atoms. The number of nitrogens with one attached hydrogen (secondary N) is 2. The van der Waals surface area contributed by atoms with Crippen LogP contribution >= 0.6 is 0 Å². The van der Waals surface area contributed by atoms with Gasteiger partial charge in [-0.3, -0.25) is 29.4 Å². The standard InChI is InChI=1S/C34H53N3O14/c1-42-9-10-44-13-14-46-17-18-48-21-22-50-25-26-51-24-23-49-20-19-47-16-15-45-12-11-43-8-7-35-28-4-2-3-27-31(28)34(41)37(33(27)40)29-5-6-30(38)36-32(29)39/h2-4,29,35H,5-26H2,1H3,(H,36,38,39). The van der Waals surface area contributed by atoms with E-state index in [9.17, 15) is 19.2 Å². The molecule has 2 aliphatic rings. The highest BCUT2D eigenvalue weighted by atomic mass is 16.6. The lowest BCUT2D eigenvalue weighted by Crippen LogP contribution is -2.54. The summed E-state index contributed by atoms with van der Waals surface area (Å²) in [5.74, 6) is -2.16. The lowest BCUT2D eigenvalue weighted by atomic mass is 10.0. The number of hydrogen-bond acceptors (Lipinski definition) is 15. The molecular weight excluding hydrogens is 674 g/mol. The minimum absolute atomic E-state index is 0.0669. The Balaban J connectivity index is 1.05. The van der Waals surface area contributed by atoms with E-state index >= 15 is 0 Å². The number of benzene rings is 1. The molecule has 1 atom stereocenters. The first-order valence-electron chi connectivity index (χ1n) is 17.3. The number of rotatable bonds is 32. The maximum absolute atomic E-state index is 13.1. The Morgan fingerprint density at radius 3 is 1.47 bits per heavy atom. The SMILES string of the molecule is COCCOCCOCCOCCOCCOCCOCCOCCOCCOCCNc1cccc2c1C(=O)N(C1CCC(=O)NC1=O)C2=O. The number of methoxy groups -OCH3 is 1. The summed E-state index contributed by atoms with van der Waals surface area (Å²) >= 11 is 0. The summed E-state index contributed by atoms with van der Waals surface area (Å²) in [4.78, 5) is 50.8. The monoisotopic (exact) mass is 727 g/mol. The van der Waals surface area contributed by atoms with Gasteiger partial charge in [0.05, 0.1) is 137 Å². The van der Waals surface area contributed by atoms with Crippen LogP contribution in [-0.2, 0) is 57.0 Å². The van der Waals surface area contributed by atoms with Gasteiger partial charge in [-0.1, -0.05) is 6.07 Å². The lowest BCUT2D eigenvalue weighted by Gasteiger charge is -2.27. The van der Waals surface area contributed by atoms with Crippen LogP contribution < -0.4 is 10.6 Å². The zero-order valence-electron chi connectivity index (χ0n) is 29.5. The molecule has 4 amide bonds. The molecule has 0 saturated carbocycles. The number of nitrogens with zero attached hydrogens (tertiary/aromatic N) is 1. The van der Waals surface area contributed by atoms with Crippen LogP contribution in [-0.4, -0.2) is 174 Å². The average molecular weight is 728 g/mol. The molecule has 2 aliphatic heterocycles. The van der Waals surface area contributed by atoms with Gasteiger partial charge in [-0.05, 0) is 18.6 Å². The van der Waals surface area contributed by atoms with Gasteiger partial charge in [-0.25, -0.2) is 0 Å². The van der Waals surface area contributed by atoms with Crippen LogP contribution in [0.1, 0.15) is 33.6 Å². The molecule has 1 fully saturated rings. The molecule has 2 heterocycles. The van der Waals surface area contributed by atoms with E-state index in [-0.39, 0.29) is 24.0 Å². The third kappa shape index (κ3) is 16.4. The predicted molar refractivity (Wildman–Crippen MR) is 181 cm³/mol. The maximum atomic E-state index is 13.1. The topological polar surface area (TPSA) is 188 Å². The zero-order chi connectivity index (χ0) is 36.4. The second-order valence-electron chi connectivity index (χ2n) is 11.1. The fourth-order valence-electron chi connectivity index (χ4n) is 4.92. The highest BCUT2D eigenvalue weighted by Gasteiger charge is 2.45. The highest BCUT2D eigenvalue weighted by Crippen LogP contribution is 2.32. The van der Waals surface area contributed by atoms with Crippen molar-refractivity contribution in [2.24, 2.45) is 0 Å². The van der Waals surface area contributed by atoms with E-state index in [0.717, 1.165) is 4.90 Å². The van der Waals surface area contributed by atoms with Crippen LogP contribution in [0.4, 0.5) is 5.69 Å². The smallest absolute Gasteiger partial charge is 0.264 e. The van der Waals surface area contributed by atoms with Gasteiger partial charge in [0.25, 0.3) is 11.8 Å². The van der Waals surface area contributed by atoms with E-state index in [2.05, 4.69) is 10.6 Å². The van der Waals surface area contributed by atoms with Gasteiger partial charge in [0, 0.05) is 25.8 Å². The highest BCUT2D eigenvalue weighted by molar-refractivity contribution is 6.25. The maximum Gasteiger partial charge on any atom is 0.264 e. The van der Waals surface area contributed by atoms with E-state index < -0.39 is 29.7 Å². The quantitative estimate of drug-likeness (QED) is 0.0761. The van der Waals surface area contributed by atoms with Gasteiger partial charge in [0.1, 0.15) is 6.04 Å². The van der Waals surface area contributed by atoms with Crippen molar-refractivity contribution in [3.05, 3.63) is 29.3 Å². The summed E-state index contributed by atoms with van der Waals surface area (Å²) in [6.07, 6.45) is 0.172. The van der Waals surface area contributed by atoms with Crippen molar-refractivity contribution in [1.82, 2.24) is 10.2 Å². The number of fused-ring (bicyclic) bond motifs is 1. The Morgan fingerprint density at radius 1 is 0.608 bits per heavy atom. The number of imide groups is 2. The summed E-state index contributed by atoms with van der Waals surface area (Å²) in [6, 6.07) is 3.91. The first kappa shape index (κ1) is 42.3. The average Bonchev–Trinajstić information content (AvgIpc) is 3.38. The van der Waals surface area contributed by atoms with Gasteiger partial charge in [-0.2, -0.15) is 0 Å². The van der Waals surface area contributed by atoms with Crippen molar-refractivity contribution in [3.8, 4) is 0 Å². The van der Waals surface area contributed by atoms with E-state index in [1.807, 2.05) is 0 Å². The molecule has 17 nitrogen and oxygen atoms in total. The number of hydrogen-bond donors (Lipinski definition) is 2.